The van der Waals surface area contributed by atoms with Gasteiger partial charge in [0, 0.05) is 38.1 Å². The molecule has 0 amide bonds. The van der Waals surface area contributed by atoms with Crippen LogP contribution in [0.25, 0.3) is 0 Å². The molecule has 21 heavy (non-hydrogen) atoms. The summed E-state index contributed by atoms with van der Waals surface area (Å²) < 4.78 is 0. The molecule has 0 bridgehead atoms. The van der Waals surface area contributed by atoms with E-state index in [1.54, 1.807) is 6.07 Å². The smallest absolute Gasteiger partial charge is 0.128 e. The summed E-state index contributed by atoms with van der Waals surface area (Å²) in [6.45, 7) is 3.53. The second-order valence-corrected chi connectivity index (χ2v) is 5.05. The third kappa shape index (κ3) is 2.75. The lowest BCUT2D eigenvalue weighted by Crippen LogP contribution is -2.47. The second kappa shape index (κ2) is 5.71. The van der Waals surface area contributed by atoms with Crippen LogP contribution in [0.15, 0.2) is 42.6 Å². The lowest BCUT2D eigenvalue weighted by molar-refractivity contribution is 0.647. The van der Waals surface area contributed by atoms with Crippen molar-refractivity contribution in [1.29, 1.82) is 5.26 Å². The van der Waals surface area contributed by atoms with Crippen molar-refractivity contribution in [3.05, 3.63) is 48.2 Å². The van der Waals surface area contributed by atoms with E-state index in [2.05, 4.69) is 20.9 Å². The van der Waals surface area contributed by atoms with Crippen LogP contribution in [0, 0.1) is 11.3 Å². The number of benzene rings is 1. The van der Waals surface area contributed by atoms with Crippen molar-refractivity contribution in [3.63, 3.8) is 0 Å². The molecule has 0 saturated carbocycles. The van der Waals surface area contributed by atoms with E-state index < -0.39 is 0 Å². The van der Waals surface area contributed by atoms with Gasteiger partial charge in [-0.2, -0.15) is 5.26 Å². The summed E-state index contributed by atoms with van der Waals surface area (Å²) in [6.07, 6.45) is 1.81. The quantitative estimate of drug-likeness (QED) is 0.850. The molecule has 1 aromatic heterocycles. The molecule has 3 rings (SSSR count). The highest BCUT2D eigenvalue weighted by Crippen LogP contribution is 2.24. The van der Waals surface area contributed by atoms with Crippen molar-refractivity contribution in [1.82, 2.24) is 4.98 Å². The van der Waals surface area contributed by atoms with E-state index in [9.17, 15) is 5.26 Å². The predicted molar refractivity (Wildman–Crippen MR) is 84.2 cm³/mol. The lowest BCUT2D eigenvalue weighted by Gasteiger charge is -2.37. The number of aromatic nitrogens is 1. The molecule has 0 radical (unpaired) electrons. The van der Waals surface area contributed by atoms with Gasteiger partial charge in [-0.05, 0) is 30.3 Å². The number of hydrogen-bond donors (Lipinski definition) is 1. The van der Waals surface area contributed by atoms with Gasteiger partial charge in [0.05, 0.1) is 11.3 Å². The molecule has 0 aliphatic carbocycles. The molecule has 5 heteroatoms. The highest BCUT2D eigenvalue weighted by molar-refractivity contribution is 5.65. The molecule has 5 nitrogen and oxygen atoms in total. The zero-order valence-electron chi connectivity index (χ0n) is 11.7. The fourth-order valence-corrected chi connectivity index (χ4v) is 2.64. The molecule has 2 heterocycles. The van der Waals surface area contributed by atoms with E-state index in [0.29, 0.717) is 11.3 Å². The maximum absolute atomic E-state index is 9.25. The van der Waals surface area contributed by atoms with Gasteiger partial charge in [0.15, 0.2) is 0 Å². The first-order valence-electron chi connectivity index (χ1n) is 6.98. The van der Waals surface area contributed by atoms with Gasteiger partial charge < -0.3 is 15.5 Å². The van der Waals surface area contributed by atoms with Gasteiger partial charge in [-0.3, -0.25) is 0 Å². The minimum atomic E-state index is 0.627. The summed E-state index contributed by atoms with van der Waals surface area (Å²) in [7, 11) is 0. The average molecular weight is 279 g/mol. The Balaban J connectivity index is 1.73. The van der Waals surface area contributed by atoms with Crippen LogP contribution in [-0.2, 0) is 0 Å². The normalized spacial score (nSPS) is 14.8. The Kier molecular flexibility index (Phi) is 3.61. The fraction of sp³-hybridized carbons (Fsp3) is 0.250. The van der Waals surface area contributed by atoms with Crippen LogP contribution in [0.3, 0.4) is 0 Å². The first-order valence-corrected chi connectivity index (χ1v) is 6.98. The van der Waals surface area contributed by atoms with Gasteiger partial charge in [-0.15, -0.1) is 0 Å². The number of pyridine rings is 1. The summed E-state index contributed by atoms with van der Waals surface area (Å²) in [5.41, 5.74) is 7.98. The van der Waals surface area contributed by atoms with Crippen molar-refractivity contribution in [2.75, 3.05) is 41.7 Å². The van der Waals surface area contributed by atoms with Gasteiger partial charge >= 0.3 is 0 Å². The van der Waals surface area contributed by atoms with Crippen molar-refractivity contribution in [3.8, 4) is 6.07 Å². The summed E-state index contributed by atoms with van der Waals surface area (Å²) >= 11 is 0. The Labute approximate surface area is 124 Å². The third-order valence-corrected chi connectivity index (χ3v) is 3.73. The van der Waals surface area contributed by atoms with Gasteiger partial charge in [0.1, 0.15) is 11.9 Å². The largest absolute Gasteiger partial charge is 0.399 e. The van der Waals surface area contributed by atoms with Crippen LogP contribution in [0.4, 0.5) is 17.2 Å². The summed E-state index contributed by atoms with van der Waals surface area (Å²) in [4.78, 5) is 8.88. The number of nitrogens with zero attached hydrogens (tertiary/aromatic N) is 4. The zero-order chi connectivity index (χ0) is 14.7. The van der Waals surface area contributed by atoms with E-state index in [1.807, 2.05) is 36.5 Å². The number of piperazine rings is 1. The fourth-order valence-electron chi connectivity index (χ4n) is 2.64. The molecule has 1 fully saturated rings. The first kappa shape index (κ1) is 13.3. The number of nitrogen functional groups attached to an aromatic ring is 1. The number of hydrogen-bond acceptors (Lipinski definition) is 5. The monoisotopic (exact) mass is 279 g/mol. The molecule has 0 spiro atoms. The Morgan fingerprint density at radius 2 is 1.81 bits per heavy atom. The topological polar surface area (TPSA) is 69.2 Å². The SMILES string of the molecule is N#Cc1cc(N)ccc1N1CCN(c2ccccn2)CC1. The molecule has 1 aliphatic rings. The van der Waals surface area contributed by atoms with Crippen LogP contribution in [0.2, 0.25) is 0 Å². The molecule has 2 aromatic rings. The lowest BCUT2D eigenvalue weighted by atomic mass is 10.1. The second-order valence-electron chi connectivity index (χ2n) is 5.05. The van der Waals surface area contributed by atoms with Crippen molar-refractivity contribution >= 4 is 17.2 Å². The Morgan fingerprint density at radius 1 is 1.05 bits per heavy atom. The number of nitrogens with two attached hydrogens (primary N) is 1. The number of anilines is 3. The van der Waals surface area contributed by atoms with Crippen LogP contribution in [-0.4, -0.2) is 31.2 Å². The molecule has 1 saturated heterocycles. The maximum atomic E-state index is 9.25. The van der Waals surface area contributed by atoms with Crippen molar-refractivity contribution in [2.45, 2.75) is 0 Å². The van der Waals surface area contributed by atoms with Crippen molar-refractivity contribution in [2.24, 2.45) is 0 Å². The Bertz CT molecular complexity index is 654. The molecule has 1 aromatic carbocycles. The minimum absolute atomic E-state index is 0.627. The van der Waals surface area contributed by atoms with Crippen LogP contribution in [0.1, 0.15) is 5.56 Å². The van der Waals surface area contributed by atoms with Crippen LogP contribution in [0.5, 0.6) is 0 Å². The van der Waals surface area contributed by atoms with E-state index in [-0.39, 0.29) is 0 Å². The van der Waals surface area contributed by atoms with E-state index >= 15 is 0 Å². The van der Waals surface area contributed by atoms with Crippen molar-refractivity contribution < 1.29 is 0 Å². The van der Waals surface area contributed by atoms with E-state index in [0.717, 1.165) is 37.7 Å². The highest BCUT2D eigenvalue weighted by atomic mass is 15.3. The van der Waals surface area contributed by atoms with E-state index in [4.69, 9.17) is 5.73 Å². The average Bonchev–Trinajstić information content (AvgIpc) is 2.56. The summed E-state index contributed by atoms with van der Waals surface area (Å²) in [5, 5.41) is 9.25. The molecular weight excluding hydrogens is 262 g/mol. The summed E-state index contributed by atoms with van der Waals surface area (Å²) in [5.74, 6) is 1.01. The predicted octanol–water partition coefficient (Wildman–Crippen LogP) is 1.86. The van der Waals surface area contributed by atoms with Gasteiger partial charge in [-0.1, -0.05) is 6.07 Å². The Morgan fingerprint density at radius 3 is 2.48 bits per heavy atom. The standard InChI is InChI=1S/C16H17N5/c17-12-13-11-14(18)4-5-15(13)20-7-9-21(10-8-20)16-3-1-2-6-19-16/h1-6,11H,7-10,18H2. The maximum Gasteiger partial charge on any atom is 0.128 e. The van der Waals surface area contributed by atoms with Gasteiger partial charge in [0.25, 0.3) is 0 Å². The molecule has 0 atom stereocenters. The molecule has 2 N–H and O–H groups in total. The van der Waals surface area contributed by atoms with Gasteiger partial charge in [0.2, 0.25) is 0 Å². The molecule has 0 unspecified atom stereocenters. The van der Waals surface area contributed by atoms with Gasteiger partial charge in [-0.25, -0.2) is 4.98 Å². The number of rotatable bonds is 2. The van der Waals surface area contributed by atoms with Crippen LogP contribution >= 0.6 is 0 Å². The Hall–Kier alpha value is -2.74. The van der Waals surface area contributed by atoms with E-state index in [1.165, 1.54) is 0 Å². The minimum Gasteiger partial charge on any atom is -0.399 e. The molecule has 106 valence electrons. The van der Waals surface area contributed by atoms with Crippen LogP contribution < -0.4 is 15.5 Å². The summed E-state index contributed by atoms with van der Waals surface area (Å²) in [6, 6.07) is 13.7. The molecular formula is C16H17N5. The molecule has 1 aliphatic heterocycles. The first-order chi connectivity index (χ1) is 10.3. The zero-order valence-corrected chi connectivity index (χ0v) is 11.7. The number of nitriles is 1. The third-order valence-electron chi connectivity index (χ3n) is 3.73. The highest BCUT2D eigenvalue weighted by Gasteiger charge is 2.20.